The zero-order valence-electron chi connectivity index (χ0n) is 3.93. The SMILES string of the molecule is C[Si](C)(O)[SiH]=O. The Morgan fingerprint density at radius 3 is 1.83 bits per heavy atom. The van der Waals surface area contributed by atoms with Gasteiger partial charge in [0.05, 0.1) is 0 Å². The van der Waals surface area contributed by atoms with E-state index in [1.165, 1.54) is 0 Å². The maximum absolute atomic E-state index is 9.85. The molecule has 0 spiro atoms. The first kappa shape index (κ1) is 6.19. The van der Waals surface area contributed by atoms with Crippen molar-refractivity contribution in [3.8, 4) is 0 Å². The van der Waals surface area contributed by atoms with E-state index in [9.17, 15) is 4.46 Å². The molecule has 6 heavy (non-hydrogen) atoms. The molecule has 0 amide bonds. The van der Waals surface area contributed by atoms with Crippen molar-refractivity contribution in [2.45, 2.75) is 13.1 Å². The van der Waals surface area contributed by atoms with Crippen LogP contribution in [0.4, 0.5) is 0 Å². The summed E-state index contributed by atoms with van der Waals surface area (Å²) >= 11 is 0. The number of hydrogen-bond acceptors (Lipinski definition) is 2. The fraction of sp³-hybridized carbons (Fsp3) is 1.00. The molecule has 0 aromatic heterocycles. The summed E-state index contributed by atoms with van der Waals surface area (Å²) in [5.41, 5.74) is 0. The lowest BCUT2D eigenvalue weighted by Gasteiger charge is -1.97. The summed E-state index contributed by atoms with van der Waals surface area (Å²) in [4.78, 5) is 8.69. The minimum Gasteiger partial charge on any atom is -0.428 e. The van der Waals surface area contributed by atoms with E-state index >= 15 is 0 Å². The van der Waals surface area contributed by atoms with Gasteiger partial charge in [-0.1, -0.05) is 0 Å². The second-order valence-electron chi connectivity index (χ2n) is 1.77. The highest BCUT2D eigenvalue weighted by atomic mass is 29.2. The van der Waals surface area contributed by atoms with Gasteiger partial charge in [0.25, 0.3) is 8.92 Å². The smallest absolute Gasteiger partial charge is 0.274 e. The van der Waals surface area contributed by atoms with Crippen LogP contribution in [0.15, 0.2) is 0 Å². The van der Waals surface area contributed by atoms with Gasteiger partial charge >= 0.3 is 0 Å². The molecule has 2 nitrogen and oxygen atoms in total. The van der Waals surface area contributed by atoms with Crippen molar-refractivity contribution in [2.75, 3.05) is 0 Å². The Balaban J connectivity index is 3.45. The molecule has 0 fully saturated rings. The molecular weight excluding hydrogens is 112 g/mol. The Bertz CT molecular complexity index is 55.1. The van der Waals surface area contributed by atoms with Crippen LogP contribution in [0.5, 0.6) is 0 Å². The lowest BCUT2D eigenvalue weighted by Crippen LogP contribution is -2.28. The van der Waals surface area contributed by atoms with Crippen LogP contribution in [-0.4, -0.2) is 21.6 Å². The van der Waals surface area contributed by atoms with E-state index in [-0.39, 0.29) is 0 Å². The summed E-state index contributed by atoms with van der Waals surface area (Å²) in [6.45, 7) is 3.32. The highest BCUT2D eigenvalue weighted by Gasteiger charge is 2.14. The van der Waals surface area contributed by atoms with E-state index in [0.29, 0.717) is 0 Å². The fourth-order valence-electron chi connectivity index (χ4n) is 0. The molecule has 0 unspecified atom stereocenters. The number of hydrogen-bond donors (Lipinski definition) is 1. The first-order valence-electron chi connectivity index (χ1n) is 1.75. The van der Waals surface area contributed by atoms with Crippen LogP contribution >= 0.6 is 0 Å². The molecule has 0 saturated carbocycles. The third-order valence-electron chi connectivity index (χ3n) is 0.288. The van der Waals surface area contributed by atoms with E-state index in [2.05, 4.69) is 0 Å². The predicted molar refractivity (Wildman–Crippen MR) is 27.5 cm³/mol. The van der Waals surface area contributed by atoms with Gasteiger partial charge in [0.1, 0.15) is 0 Å². The molecule has 0 radical (unpaired) electrons. The van der Waals surface area contributed by atoms with Crippen LogP contribution in [-0.2, 0) is 4.46 Å². The molecule has 0 aliphatic heterocycles. The van der Waals surface area contributed by atoms with Crippen molar-refractivity contribution in [1.29, 1.82) is 0 Å². The van der Waals surface area contributed by atoms with Crippen LogP contribution in [0.25, 0.3) is 0 Å². The Morgan fingerprint density at radius 1 is 1.67 bits per heavy atom. The van der Waals surface area contributed by atoms with Crippen molar-refractivity contribution >= 4 is 16.8 Å². The molecule has 0 aliphatic rings. The molecule has 0 aliphatic carbocycles. The molecule has 0 rings (SSSR count). The Hall–Kier alpha value is 0.194. The molecule has 36 valence electrons. The van der Waals surface area contributed by atoms with Crippen molar-refractivity contribution in [1.82, 2.24) is 0 Å². The van der Waals surface area contributed by atoms with Crippen molar-refractivity contribution in [2.24, 2.45) is 0 Å². The molecule has 0 aromatic carbocycles. The van der Waals surface area contributed by atoms with Crippen LogP contribution < -0.4 is 0 Å². The topological polar surface area (TPSA) is 37.3 Å². The van der Waals surface area contributed by atoms with Gasteiger partial charge in [-0.05, 0) is 13.1 Å². The molecule has 4 heteroatoms. The van der Waals surface area contributed by atoms with E-state index in [1.807, 2.05) is 0 Å². The maximum atomic E-state index is 9.85. The minimum absolute atomic E-state index is 0.896. The van der Waals surface area contributed by atoms with Crippen LogP contribution in [0.1, 0.15) is 0 Å². The van der Waals surface area contributed by atoms with Crippen LogP contribution in [0.2, 0.25) is 13.1 Å². The predicted octanol–water partition coefficient (Wildman–Crippen LogP) is -0.538. The van der Waals surface area contributed by atoms with E-state index in [1.54, 1.807) is 13.1 Å². The lowest BCUT2D eigenvalue weighted by molar-refractivity contribution is 0.548. The monoisotopic (exact) mass is 120 g/mol. The second-order valence-corrected chi connectivity index (χ2v) is 10.3. The Labute approximate surface area is 40.0 Å². The first-order valence-corrected chi connectivity index (χ1v) is 6.98. The Kier molecular flexibility index (Phi) is 1.82. The number of rotatable bonds is 1. The third-order valence-corrected chi connectivity index (χ3v) is 2.60. The van der Waals surface area contributed by atoms with Crippen LogP contribution in [0, 0.1) is 0 Å². The van der Waals surface area contributed by atoms with Gasteiger partial charge < -0.3 is 9.26 Å². The zero-order valence-corrected chi connectivity index (χ0v) is 6.09. The Morgan fingerprint density at radius 2 is 1.83 bits per heavy atom. The zero-order chi connectivity index (χ0) is 5.21. The minimum atomic E-state index is -2.10. The standard InChI is InChI=1S/C2H8O2Si2/c1-6(2,4)5-3/h4-5H,1-2H3. The summed E-state index contributed by atoms with van der Waals surface area (Å²) in [6, 6.07) is 0. The average molecular weight is 120 g/mol. The molecule has 0 heterocycles. The normalized spacial score (nSPS) is 11.2. The lowest BCUT2D eigenvalue weighted by atomic mass is 11.9. The largest absolute Gasteiger partial charge is 0.428 e. The quantitative estimate of drug-likeness (QED) is 0.472. The van der Waals surface area contributed by atoms with Gasteiger partial charge in [0.15, 0.2) is 0 Å². The molecule has 0 bridgehead atoms. The van der Waals surface area contributed by atoms with Gasteiger partial charge in [-0.15, -0.1) is 0 Å². The van der Waals surface area contributed by atoms with E-state index < -0.39 is 16.8 Å². The molecule has 0 aromatic rings. The molecule has 1 N–H and O–H groups in total. The highest BCUT2D eigenvalue weighted by molar-refractivity contribution is 7.13. The van der Waals surface area contributed by atoms with Gasteiger partial charge in [-0.25, -0.2) is 0 Å². The third kappa shape index (κ3) is 4.19. The molecule has 0 saturated heterocycles. The van der Waals surface area contributed by atoms with Crippen LogP contribution in [0.3, 0.4) is 0 Å². The summed E-state index contributed by atoms with van der Waals surface area (Å²) in [6.07, 6.45) is 0. The fourth-order valence-corrected chi connectivity index (χ4v) is 0. The highest BCUT2D eigenvalue weighted by Crippen LogP contribution is 1.84. The summed E-state index contributed by atoms with van der Waals surface area (Å²) < 4.78 is 9.85. The maximum Gasteiger partial charge on any atom is 0.274 e. The van der Waals surface area contributed by atoms with Gasteiger partial charge in [-0.2, -0.15) is 0 Å². The van der Waals surface area contributed by atoms with Crippen molar-refractivity contribution < 1.29 is 9.26 Å². The van der Waals surface area contributed by atoms with E-state index in [0.717, 1.165) is 0 Å². The van der Waals surface area contributed by atoms with Crippen molar-refractivity contribution in [3.05, 3.63) is 0 Å². The van der Waals surface area contributed by atoms with Gasteiger partial charge in [0, 0.05) is 0 Å². The molecular formula is C2H8O2Si2. The summed E-state index contributed by atoms with van der Waals surface area (Å²) in [5.74, 6) is 0. The average Bonchev–Trinajstić information content (AvgIpc) is 1.35. The summed E-state index contributed by atoms with van der Waals surface area (Å²) in [7, 11) is -3.00. The molecule has 0 atom stereocenters. The first-order chi connectivity index (χ1) is 2.56. The van der Waals surface area contributed by atoms with Gasteiger partial charge in [-0.3, -0.25) is 0 Å². The summed E-state index contributed by atoms with van der Waals surface area (Å²) in [5, 5.41) is 0. The van der Waals surface area contributed by atoms with Crippen molar-refractivity contribution in [3.63, 3.8) is 0 Å². The van der Waals surface area contributed by atoms with Gasteiger partial charge in [0.2, 0.25) is 7.83 Å². The second kappa shape index (κ2) is 1.77. The van der Waals surface area contributed by atoms with E-state index in [4.69, 9.17) is 4.80 Å².